The highest BCUT2D eigenvalue weighted by molar-refractivity contribution is 7.91. The molecule has 2 aromatic rings. The van der Waals surface area contributed by atoms with Crippen LogP contribution in [0.2, 0.25) is 0 Å². The van der Waals surface area contributed by atoms with Gasteiger partial charge >= 0.3 is 0 Å². The lowest BCUT2D eigenvalue weighted by Gasteiger charge is -2.25. The Morgan fingerprint density at radius 1 is 1.23 bits per heavy atom. The van der Waals surface area contributed by atoms with E-state index in [1.54, 1.807) is 21.8 Å². The number of hydrogen-bond acceptors (Lipinski definition) is 4. The minimum absolute atomic E-state index is 0.137. The lowest BCUT2D eigenvalue weighted by Crippen LogP contribution is -2.36. The van der Waals surface area contributed by atoms with E-state index in [2.05, 4.69) is 0 Å². The number of sulfonamides is 1. The Morgan fingerprint density at radius 2 is 2.00 bits per heavy atom. The zero-order chi connectivity index (χ0) is 15.6. The van der Waals surface area contributed by atoms with Gasteiger partial charge in [0.2, 0.25) is 0 Å². The summed E-state index contributed by atoms with van der Waals surface area (Å²) in [6.45, 7) is 0.534. The second-order valence-electron chi connectivity index (χ2n) is 5.51. The van der Waals surface area contributed by atoms with Gasteiger partial charge in [-0.15, -0.1) is 11.3 Å². The fourth-order valence-electron chi connectivity index (χ4n) is 2.96. The molecule has 22 heavy (non-hydrogen) atoms. The molecule has 1 saturated heterocycles. The SMILES string of the molecule is O=S(=O)(c1cccs1)N1CCC[C@H]1C[C@H](O)c1ccccc1. The third kappa shape index (κ3) is 3.10. The van der Waals surface area contributed by atoms with Gasteiger partial charge in [-0.2, -0.15) is 4.31 Å². The molecule has 4 nitrogen and oxygen atoms in total. The molecule has 0 amide bonds. The minimum Gasteiger partial charge on any atom is -0.388 e. The van der Waals surface area contributed by atoms with Gasteiger partial charge in [-0.3, -0.25) is 0 Å². The first-order valence-corrected chi connectivity index (χ1v) is 9.69. The van der Waals surface area contributed by atoms with Crippen molar-refractivity contribution >= 4 is 21.4 Å². The summed E-state index contributed by atoms with van der Waals surface area (Å²) in [7, 11) is -3.43. The van der Waals surface area contributed by atoms with Gasteiger partial charge in [-0.1, -0.05) is 36.4 Å². The van der Waals surface area contributed by atoms with Crippen LogP contribution in [-0.4, -0.2) is 30.4 Å². The van der Waals surface area contributed by atoms with Crippen molar-refractivity contribution in [3.8, 4) is 0 Å². The van der Waals surface area contributed by atoms with Crippen LogP contribution in [0, 0.1) is 0 Å². The predicted octanol–water partition coefficient (Wildman–Crippen LogP) is 3.02. The van der Waals surface area contributed by atoms with E-state index >= 15 is 0 Å². The lowest BCUT2D eigenvalue weighted by molar-refractivity contribution is 0.142. The topological polar surface area (TPSA) is 57.6 Å². The second kappa shape index (κ2) is 6.50. The summed E-state index contributed by atoms with van der Waals surface area (Å²) in [5.41, 5.74) is 0.836. The van der Waals surface area contributed by atoms with E-state index in [4.69, 9.17) is 0 Å². The molecule has 1 aromatic carbocycles. The first-order chi connectivity index (χ1) is 10.6. The molecule has 0 spiro atoms. The Morgan fingerprint density at radius 3 is 2.68 bits per heavy atom. The van der Waals surface area contributed by atoms with Crippen LogP contribution >= 0.6 is 11.3 Å². The summed E-state index contributed by atoms with van der Waals surface area (Å²) >= 11 is 1.24. The molecule has 0 bridgehead atoms. The Kier molecular flexibility index (Phi) is 4.63. The molecular weight excluding hydrogens is 318 g/mol. The molecule has 1 fully saturated rings. The van der Waals surface area contributed by atoms with Gasteiger partial charge in [-0.05, 0) is 36.3 Å². The zero-order valence-electron chi connectivity index (χ0n) is 12.1. The summed E-state index contributed by atoms with van der Waals surface area (Å²) in [6, 6.07) is 12.7. The lowest BCUT2D eigenvalue weighted by atomic mass is 10.0. The molecule has 1 aliphatic heterocycles. The van der Waals surface area contributed by atoms with Crippen molar-refractivity contribution < 1.29 is 13.5 Å². The standard InChI is InChI=1S/C16H19NO3S2/c18-15(13-6-2-1-3-7-13)12-14-8-4-10-17(14)22(19,20)16-9-5-11-21-16/h1-3,5-7,9,11,14-15,18H,4,8,10,12H2/t14-,15-/m0/s1. The monoisotopic (exact) mass is 337 g/mol. The van der Waals surface area contributed by atoms with Gasteiger partial charge in [0, 0.05) is 12.6 Å². The molecule has 0 saturated carbocycles. The van der Waals surface area contributed by atoms with Crippen LogP contribution in [0.4, 0.5) is 0 Å². The maximum atomic E-state index is 12.7. The molecule has 2 atom stereocenters. The highest BCUT2D eigenvalue weighted by Gasteiger charge is 2.36. The number of hydrogen-bond donors (Lipinski definition) is 1. The summed E-state index contributed by atoms with van der Waals surface area (Å²) in [4.78, 5) is 0. The van der Waals surface area contributed by atoms with E-state index in [0.29, 0.717) is 17.2 Å². The highest BCUT2D eigenvalue weighted by atomic mass is 32.2. The number of thiophene rings is 1. The summed E-state index contributed by atoms with van der Waals surface area (Å²) < 4.78 is 27.3. The number of nitrogens with zero attached hydrogens (tertiary/aromatic N) is 1. The Hall–Kier alpha value is -1.21. The number of rotatable bonds is 5. The van der Waals surface area contributed by atoms with Gasteiger partial charge in [0.05, 0.1) is 6.10 Å². The van der Waals surface area contributed by atoms with Crippen molar-refractivity contribution in [1.29, 1.82) is 0 Å². The normalized spacial score (nSPS) is 21.0. The average molecular weight is 337 g/mol. The van der Waals surface area contributed by atoms with Gasteiger partial charge in [0.15, 0.2) is 0 Å². The fourth-order valence-corrected chi connectivity index (χ4v) is 5.78. The Balaban J connectivity index is 1.77. The van der Waals surface area contributed by atoms with Gasteiger partial charge in [0.1, 0.15) is 4.21 Å². The third-order valence-corrected chi connectivity index (χ3v) is 7.39. The van der Waals surface area contributed by atoms with Crippen LogP contribution in [0.3, 0.4) is 0 Å². The molecule has 0 unspecified atom stereocenters. The fraction of sp³-hybridized carbons (Fsp3) is 0.375. The van der Waals surface area contributed by atoms with Crippen molar-refractivity contribution in [2.45, 2.75) is 35.6 Å². The Bertz CT molecular complexity index is 698. The van der Waals surface area contributed by atoms with Crippen LogP contribution in [0.5, 0.6) is 0 Å². The highest BCUT2D eigenvalue weighted by Crippen LogP contribution is 2.33. The summed E-state index contributed by atoms with van der Waals surface area (Å²) in [5.74, 6) is 0. The van der Waals surface area contributed by atoms with Gasteiger partial charge < -0.3 is 5.11 Å². The van der Waals surface area contributed by atoms with E-state index in [0.717, 1.165) is 18.4 Å². The Labute approximate surface area is 135 Å². The van der Waals surface area contributed by atoms with Gasteiger partial charge in [0.25, 0.3) is 10.0 Å². The number of aliphatic hydroxyl groups excluding tert-OH is 1. The molecule has 118 valence electrons. The van der Waals surface area contributed by atoms with Crippen LogP contribution in [-0.2, 0) is 10.0 Å². The van der Waals surface area contributed by atoms with Crippen LogP contribution in [0.25, 0.3) is 0 Å². The minimum atomic E-state index is -3.43. The van der Waals surface area contributed by atoms with E-state index in [1.165, 1.54) is 11.3 Å². The van der Waals surface area contributed by atoms with E-state index in [-0.39, 0.29) is 6.04 Å². The molecule has 1 aromatic heterocycles. The maximum Gasteiger partial charge on any atom is 0.252 e. The van der Waals surface area contributed by atoms with Crippen LogP contribution in [0.15, 0.2) is 52.1 Å². The molecule has 1 aliphatic rings. The first-order valence-electron chi connectivity index (χ1n) is 7.37. The smallest absolute Gasteiger partial charge is 0.252 e. The van der Waals surface area contributed by atoms with Gasteiger partial charge in [-0.25, -0.2) is 8.42 Å². The zero-order valence-corrected chi connectivity index (χ0v) is 13.8. The molecule has 6 heteroatoms. The average Bonchev–Trinajstić information content (AvgIpc) is 3.20. The quantitative estimate of drug-likeness (QED) is 0.912. The first kappa shape index (κ1) is 15.7. The molecule has 0 radical (unpaired) electrons. The molecule has 3 rings (SSSR count). The predicted molar refractivity (Wildman–Crippen MR) is 87.3 cm³/mol. The number of aliphatic hydroxyl groups is 1. The van der Waals surface area contributed by atoms with E-state index in [1.807, 2.05) is 30.3 Å². The summed E-state index contributed by atoms with van der Waals surface area (Å²) in [5, 5.41) is 12.2. The van der Waals surface area contributed by atoms with Crippen LogP contribution in [0.1, 0.15) is 30.9 Å². The van der Waals surface area contributed by atoms with Crippen molar-refractivity contribution in [3.63, 3.8) is 0 Å². The summed E-state index contributed by atoms with van der Waals surface area (Å²) in [6.07, 6.45) is 1.45. The maximum absolute atomic E-state index is 12.7. The van der Waals surface area contributed by atoms with E-state index < -0.39 is 16.1 Å². The van der Waals surface area contributed by atoms with Crippen LogP contribution < -0.4 is 0 Å². The molecule has 0 aliphatic carbocycles. The number of benzene rings is 1. The van der Waals surface area contributed by atoms with Crippen molar-refractivity contribution in [2.24, 2.45) is 0 Å². The second-order valence-corrected chi connectivity index (χ2v) is 8.57. The van der Waals surface area contributed by atoms with Crippen molar-refractivity contribution in [1.82, 2.24) is 4.31 Å². The van der Waals surface area contributed by atoms with E-state index in [9.17, 15) is 13.5 Å². The molecule has 1 N–H and O–H groups in total. The molecular formula is C16H19NO3S2. The largest absolute Gasteiger partial charge is 0.388 e. The third-order valence-electron chi connectivity index (χ3n) is 4.06. The van der Waals surface area contributed by atoms with Crippen molar-refractivity contribution in [3.05, 3.63) is 53.4 Å². The van der Waals surface area contributed by atoms with Crippen molar-refractivity contribution in [2.75, 3.05) is 6.54 Å². The molecule has 2 heterocycles.